The third-order valence-electron chi connectivity index (χ3n) is 5.11. The quantitative estimate of drug-likeness (QED) is 0.623. The smallest absolute Gasteiger partial charge is 0.144 e. The van der Waals surface area contributed by atoms with Crippen LogP contribution in [0.3, 0.4) is 0 Å². The Labute approximate surface area is 143 Å². The van der Waals surface area contributed by atoms with Crippen molar-refractivity contribution in [2.45, 2.75) is 44.9 Å². The number of fused-ring (bicyclic) bond motifs is 1. The van der Waals surface area contributed by atoms with Gasteiger partial charge in [0.1, 0.15) is 16.1 Å². The van der Waals surface area contributed by atoms with Crippen molar-refractivity contribution in [3.05, 3.63) is 35.9 Å². The summed E-state index contributed by atoms with van der Waals surface area (Å²) in [6.45, 7) is 9.34. The van der Waals surface area contributed by atoms with Crippen LogP contribution in [0.25, 0.3) is 0 Å². The summed E-state index contributed by atoms with van der Waals surface area (Å²) in [4.78, 5) is 2.57. The molecule has 1 aromatic carbocycles. The van der Waals surface area contributed by atoms with Crippen LogP contribution in [0.4, 0.5) is 0 Å². The number of benzene rings is 1. The molecule has 0 N–H and O–H groups in total. The highest BCUT2D eigenvalue weighted by Gasteiger charge is 2.42. The third kappa shape index (κ3) is 4.17. The molecule has 0 aromatic heterocycles. The molecule has 1 aliphatic heterocycles. The molecule has 2 fully saturated rings. The van der Waals surface area contributed by atoms with Crippen LogP contribution in [0.15, 0.2) is 34.7 Å². The maximum atomic E-state index is 12.1. The standard InChI is InChI=1S/C19H28N2OS/c1-19(2,3)23(22)20-11-16-9-10-17-13-21(14-18(16)17)12-15-7-5-4-6-8-15/h4-8,11,16-18H,9-10,12-14H2,1-3H3. The topological polar surface area (TPSA) is 38.7 Å². The second-order valence-corrected chi connectivity index (χ2v) is 9.89. The molecule has 1 aliphatic carbocycles. The SMILES string of the molecule is CC(C)(C)[S+]([O-])N=CC1CCC2CN(Cc3ccccc3)CC12. The molecule has 0 spiro atoms. The van der Waals surface area contributed by atoms with Crippen molar-refractivity contribution in [1.29, 1.82) is 0 Å². The van der Waals surface area contributed by atoms with E-state index in [2.05, 4.69) is 39.6 Å². The van der Waals surface area contributed by atoms with Gasteiger partial charge in [0.25, 0.3) is 0 Å². The van der Waals surface area contributed by atoms with Gasteiger partial charge in [-0.3, -0.25) is 4.90 Å². The molecule has 0 radical (unpaired) electrons. The van der Waals surface area contributed by atoms with Crippen LogP contribution in [-0.2, 0) is 17.9 Å². The molecule has 0 amide bonds. The Morgan fingerprint density at radius 3 is 2.65 bits per heavy atom. The maximum Gasteiger partial charge on any atom is 0.144 e. The second kappa shape index (κ2) is 6.96. The Kier molecular flexibility index (Phi) is 5.14. The van der Waals surface area contributed by atoms with E-state index in [4.69, 9.17) is 0 Å². The van der Waals surface area contributed by atoms with Gasteiger partial charge in [0.05, 0.1) is 6.21 Å². The van der Waals surface area contributed by atoms with Crippen LogP contribution in [0.5, 0.6) is 0 Å². The summed E-state index contributed by atoms with van der Waals surface area (Å²) in [6.07, 6.45) is 4.51. The van der Waals surface area contributed by atoms with Crippen molar-refractivity contribution in [3.8, 4) is 0 Å². The molecule has 2 aliphatic rings. The normalized spacial score (nSPS) is 30.0. The first-order chi connectivity index (χ1) is 10.9. The fourth-order valence-electron chi connectivity index (χ4n) is 3.85. The molecule has 3 nitrogen and oxygen atoms in total. The van der Waals surface area contributed by atoms with Crippen molar-refractivity contribution >= 4 is 17.6 Å². The Morgan fingerprint density at radius 1 is 1.22 bits per heavy atom. The van der Waals surface area contributed by atoms with Gasteiger partial charge < -0.3 is 4.55 Å². The summed E-state index contributed by atoms with van der Waals surface area (Å²) in [5.74, 6) is 1.99. The zero-order valence-corrected chi connectivity index (χ0v) is 15.3. The lowest BCUT2D eigenvalue weighted by atomic mass is 9.93. The van der Waals surface area contributed by atoms with Crippen molar-refractivity contribution in [3.63, 3.8) is 0 Å². The molecular weight excluding hydrogens is 304 g/mol. The Hall–Kier alpha value is -0.840. The number of hydrogen-bond donors (Lipinski definition) is 0. The Bertz CT molecular complexity index is 540. The van der Waals surface area contributed by atoms with Crippen LogP contribution in [-0.4, -0.2) is 33.5 Å². The average molecular weight is 333 g/mol. The van der Waals surface area contributed by atoms with Crippen LogP contribution in [0.1, 0.15) is 39.2 Å². The second-order valence-electron chi connectivity index (χ2n) is 7.96. The van der Waals surface area contributed by atoms with Crippen LogP contribution in [0, 0.1) is 17.8 Å². The monoisotopic (exact) mass is 332 g/mol. The molecule has 4 unspecified atom stereocenters. The summed E-state index contributed by atoms with van der Waals surface area (Å²) in [6, 6.07) is 10.7. The predicted molar refractivity (Wildman–Crippen MR) is 97.8 cm³/mol. The molecule has 1 saturated heterocycles. The summed E-state index contributed by atoms with van der Waals surface area (Å²) < 4.78 is 16.2. The predicted octanol–water partition coefficient (Wildman–Crippen LogP) is 3.68. The van der Waals surface area contributed by atoms with Gasteiger partial charge in [-0.15, -0.1) is 0 Å². The molecule has 126 valence electrons. The minimum Gasteiger partial charge on any atom is -0.591 e. The number of hydrogen-bond acceptors (Lipinski definition) is 3. The lowest BCUT2D eigenvalue weighted by molar-refractivity contribution is 0.298. The first-order valence-electron chi connectivity index (χ1n) is 8.66. The summed E-state index contributed by atoms with van der Waals surface area (Å²) >= 11 is -1.13. The average Bonchev–Trinajstić information content (AvgIpc) is 3.05. The van der Waals surface area contributed by atoms with Gasteiger partial charge in [-0.1, -0.05) is 34.7 Å². The van der Waals surface area contributed by atoms with Crippen LogP contribution < -0.4 is 0 Å². The largest absolute Gasteiger partial charge is 0.591 e. The fourth-order valence-corrected chi connectivity index (χ4v) is 4.43. The molecular formula is C19H28N2OS. The van der Waals surface area contributed by atoms with E-state index >= 15 is 0 Å². The first kappa shape index (κ1) is 17.0. The molecule has 4 atom stereocenters. The highest BCUT2D eigenvalue weighted by Crippen LogP contribution is 2.42. The summed E-state index contributed by atoms with van der Waals surface area (Å²) in [5, 5.41) is 0. The number of likely N-dealkylation sites (tertiary alicyclic amines) is 1. The lowest BCUT2D eigenvalue weighted by Gasteiger charge is -2.20. The molecule has 4 heteroatoms. The van der Waals surface area contributed by atoms with Crippen molar-refractivity contribution in [1.82, 2.24) is 4.90 Å². The highest BCUT2D eigenvalue weighted by atomic mass is 32.2. The third-order valence-corrected chi connectivity index (χ3v) is 6.47. The van der Waals surface area contributed by atoms with Gasteiger partial charge in [0.15, 0.2) is 0 Å². The van der Waals surface area contributed by atoms with E-state index in [1.54, 1.807) is 0 Å². The highest BCUT2D eigenvalue weighted by molar-refractivity contribution is 7.91. The van der Waals surface area contributed by atoms with E-state index in [1.807, 2.05) is 27.0 Å². The van der Waals surface area contributed by atoms with Crippen LogP contribution >= 0.6 is 0 Å². The zero-order chi connectivity index (χ0) is 16.4. The minimum atomic E-state index is -1.13. The van der Waals surface area contributed by atoms with E-state index in [0.717, 1.165) is 19.0 Å². The van der Waals surface area contributed by atoms with Gasteiger partial charge >= 0.3 is 0 Å². The van der Waals surface area contributed by atoms with Gasteiger partial charge in [-0.05, 0) is 51.0 Å². The molecule has 1 heterocycles. The van der Waals surface area contributed by atoms with E-state index < -0.39 is 11.4 Å². The van der Waals surface area contributed by atoms with Gasteiger partial charge in [-0.25, -0.2) is 0 Å². The van der Waals surface area contributed by atoms with E-state index in [1.165, 1.54) is 24.9 Å². The van der Waals surface area contributed by atoms with E-state index in [9.17, 15) is 4.55 Å². The number of rotatable bonds is 4. The zero-order valence-electron chi connectivity index (χ0n) is 14.4. The summed E-state index contributed by atoms with van der Waals surface area (Å²) in [5.41, 5.74) is 1.39. The minimum absolute atomic E-state index is 0.260. The molecule has 1 saturated carbocycles. The maximum absolute atomic E-state index is 12.1. The first-order valence-corrected chi connectivity index (χ1v) is 9.76. The lowest BCUT2D eigenvalue weighted by Crippen LogP contribution is -2.27. The number of nitrogens with zero attached hydrogens (tertiary/aromatic N) is 2. The van der Waals surface area contributed by atoms with Crippen LogP contribution in [0.2, 0.25) is 0 Å². The Balaban J connectivity index is 1.57. The van der Waals surface area contributed by atoms with Crippen molar-refractivity contribution in [2.24, 2.45) is 22.2 Å². The molecule has 0 bridgehead atoms. The Morgan fingerprint density at radius 2 is 1.96 bits per heavy atom. The molecule has 23 heavy (non-hydrogen) atoms. The van der Waals surface area contributed by atoms with Gasteiger partial charge in [0, 0.05) is 25.6 Å². The molecule has 3 rings (SSSR count). The fraction of sp³-hybridized carbons (Fsp3) is 0.632. The molecule has 1 aromatic rings. The van der Waals surface area contributed by atoms with Crippen molar-refractivity contribution in [2.75, 3.05) is 13.1 Å². The van der Waals surface area contributed by atoms with Gasteiger partial charge in [0.2, 0.25) is 0 Å². The van der Waals surface area contributed by atoms with Crippen molar-refractivity contribution < 1.29 is 4.55 Å². The summed E-state index contributed by atoms with van der Waals surface area (Å²) in [7, 11) is 0. The van der Waals surface area contributed by atoms with Gasteiger partial charge in [-0.2, -0.15) is 0 Å². The van der Waals surface area contributed by atoms with E-state index in [0.29, 0.717) is 11.8 Å². The van der Waals surface area contributed by atoms with E-state index in [-0.39, 0.29) is 4.75 Å².